The fraction of sp³-hybridized carbons (Fsp3) is 0.600. The molecule has 1 aromatic carbocycles. The molecule has 0 bridgehead atoms. The van der Waals surface area contributed by atoms with Gasteiger partial charge in [0.15, 0.2) is 0 Å². The van der Waals surface area contributed by atoms with Crippen LogP contribution in [0.3, 0.4) is 0 Å². The van der Waals surface area contributed by atoms with Crippen LogP contribution in [0.5, 0.6) is 0 Å². The number of hydrogen-bond acceptors (Lipinski definition) is 0. The van der Waals surface area contributed by atoms with Crippen molar-refractivity contribution in [2.45, 2.75) is 51.9 Å². The van der Waals surface area contributed by atoms with E-state index in [2.05, 4.69) is 45.0 Å². The van der Waals surface area contributed by atoms with Gasteiger partial charge in [-0.1, -0.05) is 51.5 Å². The first-order valence-electron chi connectivity index (χ1n) is 6.25. The predicted octanol–water partition coefficient (Wildman–Crippen LogP) is 4.94. The molecule has 0 unspecified atom stereocenters. The molecule has 0 aliphatic heterocycles. The van der Waals surface area contributed by atoms with E-state index in [1.807, 2.05) is 0 Å². The molecule has 0 saturated heterocycles. The highest BCUT2D eigenvalue weighted by Gasteiger charge is 2.19. The van der Waals surface area contributed by atoms with Crippen molar-refractivity contribution in [2.24, 2.45) is 0 Å². The van der Waals surface area contributed by atoms with Crippen LogP contribution in [0.1, 0.15) is 51.2 Å². The number of rotatable bonds is 6. The van der Waals surface area contributed by atoms with Crippen LogP contribution in [0.15, 0.2) is 24.3 Å². The molecular formula is C15H23Cl. The van der Waals surface area contributed by atoms with Crippen LogP contribution >= 0.6 is 11.6 Å². The minimum Gasteiger partial charge on any atom is -0.127 e. The second kappa shape index (κ2) is 6.30. The Kier molecular flexibility index (Phi) is 5.34. The van der Waals surface area contributed by atoms with Crippen LogP contribution in [0.4, 0.5) is 0 Å². The molecule has 90 valence electrons. The standard InChI is InChI=1S/C15H23Cl/c1-4-5-6-13-7-9-14(10-8-13)15(2,3)11-12-16/h7-10H,4-6,11-12H2,1-3H3. The molecule has 1 rings (SSSR count). The highest BCUT2D eigenvalue weighted by molar-refractivity contribution is 6.17. The van der Waals surface area contributed by atoms with Crippen molar-refractivity contribution < 1.29 is 0 Å². The van der Waals surface area contributed by atoms with Gasteiger partial charge < -0.3 is 0 Å². The molecule has 0 aliphatic carbocycles. The highest BCUT2D eigenvalue weighted by Crippen LogP contribution is 2.27. The van der Waals surface area contributed by atoms with Crippen molar-refractivity contribution in [1.29, 1.82) is 0 Å². The zero-order valence-electron chi connectivity index (χ0n) is 10.7. The number of halogens is 1. The molecule has 16 heavy (non-hydrogen) atoms. The third kappa shape index (κ3) is 3.83. The summed E-state index contributed by atoms with van der Waals surface area (Å²) in [6.45, 7) is 6.75. The number of hydrogen-bond donors (Lipinski definition) is 0. The lowest BCUT2D eigenvalue weighted by molar-refractivity contribution is 0.509. The smallest absolute Gasteiger partial charge is 0.0231 e. The lowest BCUT2D eigenvalue weighted by atomic mass is 9.82. The van der Waals surface area contributed by atoms with Gasteiger partial charge in [-0.25, -0.2) is 0 Å². The van der Waals surface area contributed by atoms with Crippen molar-refractivity contribution in [1.82, 2.24) is 0 Å². The Bertz CT molecular complexity index is 298. The molecule has 0 aliphatic rings. The van der Waals surface area contributed by atoms with Crippen molar-refractivity contribution in [3.8, 4) is 0 Å². The maximum Gasteiger partial charge on any atom is 0.0231 e. The molecule has 0 aromatic heterocycles. The summed E-state index contributed by atoms with van der Waals surface area (Å²) in [5.74, 6) is 0.727. The van der Waals surface area contributed by atoms with Gasteiger partial charge in [0.05, 0.1) is 0 Å². The molecule has 1 aromatic rings. The third-order valence-corrected chi connectivity index (χ3v) is 3.46. The normalized spacial score (nSPS) is 11.8. The monoisotopic (exact) mass is 238 g/mol. The van der Waals surface area contributed by atoms with Crippen LogP contribution in [-0.2, 0) is 11.8 Å². The van der Waals surface area contributed by atoms with Gasteiger partial charge in [-0.3, -0.25) is 0 Å². The fourth-order valence-corrected chi connectivity index (χ4v) is 2.36. The molecule has 0 atom stereocenters. The van der Waals surface area contributed by atoms with Crippen molar-refractivity contribution in [3.63, 3.8) is 0 Å². The van der Waals surface area contributed by atoms with E-state index in [9.17, 15) is 0 Å². The first kappa shape index (κ1) is 13.6. The van der Waals surface area contributed by atoms with E-state index in [4.69, 9.17) is 11.6 Å². The lowest BCUT2D eigenvalue weighted by Crippen LogP contribution is -2.17. The van der Waals surface area contributed by atoms with Crippen molar-refractivity contribution in [3.05, 3.63) is 35.4 Å². The summed E-state index contributed by atoms with van der Waals surface area (Å²) in [6, 6.07) is 9.05. The molecule has 0 heterocycles. The SMILES string of the molecule is CCCCc1ccc(C(C)(C)CCCl)cc1. The average Bonchev–Trinajstić information content (AvgIpc) is 2.27. The Hall–Kier alpha value is -0.490. The molecule has 0 nitrogen and oxygen atoms in total. The van der Waals surface area contributed by atoms with E-state index in [1.54, 1.807) is 0 Å². The Balaban J connectivity index is 2.70. The Morgan fingerprint density at radius 1 is 1.12 bits per heavy atom. The molecule has 0 N–H and O–H groups in total. The van der Waals surface area contributed by atoms with Gasteiger partial charge in [0.25, 0.3) is 0 Å². The van der Waals surface area contributed by atoms with Crippen LogP contribution in [-0.4, -0.2) is 5.88 Å². The largest absolute Gasteiger partial charge is 0.127 e. The number of unbranched alkanes of at least 4 members (excludes halogenated alkanes) is 1. The second-order valence-electron chi connectivity index (χ2n) is 5.12. The molecule has 0 amide bonds. The molecular weight excluding hydrogens is 216 g/mol. The minimum atomic E-state index is 0.199. The van der Waals surface area contributed by atoms with Gasteiger partial charge in [-0.15, -0.1) is 11.6 Å². The average molecular weight is 239 g/mol. The van der Waals surface area contributed by atoms with Crippen LogP contribution in [0.25, 0.3) is 0 Å². The van der Waals surface area contributed by atoms with E-state index in [-0.39, 0.29) is 5.41 Å². The summed E-state index contributed by atoms with van der Waals surface area (Å²) in [4.78, 5) is 0. The van der Waals surface area contributed by atoms with E-state index < -0.39 is 0 Å². The minimum absolute atomic E-state index is 0.199. The number of aryl methyl sites for hydroxylation is 1. The molecule has 0 radical (unpaired) electrons. The van der Waals surface area contributed by atoms with Gasteiger partial charge >= 0.3 is 0 Å². The van der Waals surface area contributed by atoms with Crippen LogP contribution < -0.4 is 0 Å². The second-order valence-corrected chi connectivity index (χ2v) is 5.50. The number of benzene rings is 1. The van der Waals surface area contributed by atoms with Gasteiger partial charge in [0.1, 0.15) is 0 Å². The van der Waals surface area contributed by atoms with Crippen LogP contribution in [0, 0.1) is 0 Å². The quantitative estimate of drug-likeness (QED) is 0.616. The predicted molar refractivity (Wildman–Crippen MR) is 73.4 cm³/mol. The van der Waals surface area contributed by atoms with Gasteiger partial charge in [-0.2, -0.15) is 0 Å². The first-order valence-corrected chi connectivity index (χ1v) is 6.79. The first-order chi connectivity index (χ1) is 7.60. The number of alkyl halides is 1. The zero-order valence-corrected chi connectivity index (χ0v) is 11.5. The topological polar surface area (TPSA) is 0 Å². The summed E-state index contributed by atoms with van der Waals surface area (Å²) < 4.78 is 0. The summed E-state index contributed by atoms with van der Waals surface area (Å²) in [5.41, 5.74) is 3.05. The van der Waals surface area contributed by atoms with Gasteiger partial charge in [0.2, 0.25) is 0 Å². The summed E-state index contributed by atoms with van der Waals surface area (Å²) in [7, 11) is 0. The highest BCUT2D eigenvalue weighted by atomic mass is 35.5. The molecule has 0 saturated carbocycles. The van der Waals surface area contributed by atoms with Crippen molar-refractivity contribution in [2.75, 3.05) is 5.88 Å². The molecule has 0 fully saturated rings. The summed E-state index contributed by atoms with van der Waals surface area (Å²) >= 11 is 5.84. The molecule has 1 heteroatoms. The van der Waals surface area contributed by atoms with Crippen LogP contribution in [0.2, 0.25) is 0 Å². The Morgan fingerprint density at radius 3 is 2.25 bits per heavy atom. The van der Waals surface area contributed by atoms with Gasteiger partial charge in [-0.05, 0) is 35.8 Å². The maximum atomic E-state index is 5.84. The van der Waals surface area contributed by atoms with E-state index in [0.29, 0.717) is 0 Å². The summed E-state index contributed by atoms with van der Waals surface area (Å²) in [6.07, 6.45) is 4.78. The zero-order chi connectivity index (χ0) is 12.0. The lowest BCUT2D eigenvalue weighted by Gasteiger charge is -2.24. The maximum absolute atomic E-state index is 5.84. The molecule has 0 spiro atoms. The van der Waals surface area contributed by atoms with E-state index >= 15 is 0 Å². The van der Waals surface area contributed by atoms with Gasteiger partial charge in [0, 0.05) is 5.88 Å². The Labute approximate surface area is 105 Å². The Morgan fingerprint density at radius 2 is 1.75 bits per heavy atom. The van der Waals surface area contributed by atoms with E-state index in [0.717, 1.165) is 12.3 Å². The third-order valence-electron chi connectivity index (χ3n) is 3.27. The van der Waals surface area contributed by atoms with Crippen molar-refractivity contribution >= 4 is 11.6 Å². The fourth-order valence-electron chi connectivity index (χ4n) is 1.88. The summed E-state index contributed by atoms with van der Waals surface area (Å²) in [5, 5.41) is 0. The van der Waals surface area contributed by atoms with E-state index in [1.165, 1.54) is 30.4 Å².